The van der Waals surface area contributed by atoms with E-state index in [0.29, 0.717) is 13.0 Å². The smallest absolute Gasteiger partial charge is 0.294 e. The molecule has 0 spiro atoms. The molecular weight excluding hydrogens is 476 g/mol. The fourth-order valence-electron chi connectivity index (χ4n) is 4.28. The molecule has 1 aliphatic rings. The first-order valence-electron chi connectivity index (χ1n) is 11.5. The minimum absolute atomic E-state index is 0.0124. The third-order valence-corrected chi connectivity index (χ3v) is 7.07. The maximum atomic E-state index is 13.1. The van der Waals surface area contributed by atoms with Gasteiger partial charge in [0.15, 0.2) is 0 Å². The van der Waals surface area contributed by atoms with Crippen molar-refractivity contribution in [2.45, 2.75) is 57.6 Å². The summed E-state index contributed by atoms with van der Waals surface area (Å²) in [7, 11) is -4.92. The van der Waals surface area contributed by atoms with E-state index in [1.807, 2.05) is 39.0 Å². The molecule has 0 bridgehead atoms. The monoisotopic (exact) mass is 508 g/mol. The van der Waals surface area contributed by atoms with Gasteiger partial charge in [-0.3, -0.25) is 18.9 Å². The number of aliphatic hydroxyl groups is 1. The number of amides is 3. The van der Waals surface area contributed by atoms with Crippen LogP contribution in [0.2, 0.25) is 0 Å². The summed E-state index contributed by atoms with van der Waals surface area (Å²) in [5.74, 6) is -2.23. The molecule has 1 saturated heterocycles. The molecule has 2 aromatic rings. The van der Waals surface area contributed by atoms with Gasteiger partial charge < -0.3 is 26.0 Å². The van der Waals surface area contributed by atoms with Crippen LogP contribution in [0.5, 0.6) is 0 Å². The molecule has 4 atom stereocenters. The molecule has 192 valence electrons. The van der Waals surface area contributed by atoms with Gasteiger partial charge in [0.1, 0.15) is 11.7 Å². The Bertz CT molecular complexity index is 1210. The maximum Gasteiger partial charge on any atom is 0.294 e. The lowest BCUT2D eigenvalue weighted by Gasteiger charge is -2.27. The van der Waals surface area contributed by atoms with Crippen LogP contribution in [0.3, 0.4) is 0 Å². The summed E-state index contributed by atoms with van der Waals surface area (Å²) < 4.78 is 32.6. The van der Waals surface area contributed by atoms with Crippen molar-refractivity contribution in [1.82, 2.24) is 20.9 Å². The number of fused-ring (bicyclic) bond motifs is 1. The van der Waals surface area contributed by atoms with Crippen LogP contribution in [0.25, 0.3) is 10.9 Å². The van der Waals surface area contributed by atoms with Crippen molar-refractivity contribution in [3.05, 3.63) is 35.5 Å². The summed E-state index contributed by atoms with van der Waals surface area (Å²) in [5.41, 5.74) is -0.321. The Hall–Kier alpha value is -2.96. The van der Waals surface area contributed by atoms with E-state index >= 15 is 0 Å². The third kappa shape index (κ3) is 6.59. The minimum Gasteiger partial charge on any atom is -0.374 e. The van der Waals surface area contributed by atoms with E-state index in [1.165, 1.54) is 0 Å². The lowest BCUT2D eigenvalue weighted by molar-refractivity contribution is -0.126. The highest BCUT2D eigenvalue weighted by atomic mass is 32.2. The first-order valence-corrected chi connectivity index (χ1v) is 13.0. The Labute approximate surface area is 203 Å². The molecule has 3 rings (SSSR count). The first-order chi connectivity index (χ1) is 16.4. The van der Waals surface area contributed by atoms with E-state index in [9.17, 15) is 32.5 Å². The zero-order valence-corrected chi connectivity index (χ0v) is 20.7. The summed E-state index contributed by atoms with van der Waals surface area (Å²) in [6.07, 6.45) is 0.437. The summed E-state index contributed by atoms with van der Waals surface area (Å²) in [6.45, 7) is 6.01. The van der Waals surface area contributed by atoms with Crippen molar-refractivity contribution in [1.29, 1.82) is 0 Å². The van der Waals surface area contributed by atoms with Gasteiger partial charge in [0.2, 0.25) is 17.3 Å². The molecule has 12 heteroatoms. The predicted molar refractivity (Wildman–Crippen MR) is 129 cm³/mol. The van der Waals surface area contributed by atoms with Crippen LogP contribution in [-0.2, 0) is 19.7 Å². The van der Waals surface area contributed by atoms with Crippen molar-refractivity contribution in [2.75, 3.05) is 6.54 Å². The third-order valence-electron chi connectivity index (χ3n) is 6.13. The Balaban J connectivity index is 1.80. The van der Waals surface area contributed by atoms with E-state index in [2.05, 4.69) is 20.9 Å². The van der Waals surface area contributed by atoms with Gasteiger partial charge >= 0.3 is 0 Å². The molecule has 1 aromatic heterocycles. The van der Waals surface area contributed by atoms with Gasteiger partial charge in [-0.05, 0) is 49.8 Å². The number of carbonyl (C=O) groups is 3. The summed E-state index contributed by atoms with van der Waals surface area (Å²) in [6, 6.07) is 4.79. The van der Waals surface area contributed by atoms with Crippen LogP contribution in [-0.4, -0.2) is 64.8 Å². The Morgan fingerprint density at radius 2 is 1.94 bits per heavy atom. The van der Waals surface area contributed by atoms with Crippen LogP contribution >= 0.6 is 0 Å². The Morgan fingerprint density at radius 1 is 1.23 bits per heavy atom. The molecule has 0 aliphatic carbocycles. The average molecular weight is 509 g/mol. The summed E-state index contributed by atoms with van der Waals surface area (Å²) in [4.78, 5) is 41.1. The SMILES string of the molecule is Cc1cccc2[nH]c(C(=O)N[C@@H](CC(C)C)C(=O)N[C@@H](C[C@@H]3CCNC3=O)C(O)S(=O)(=O)O)cc12. The molecule has 6 N–H and O–H groups in total. The number of aryl methyl sites for hydroxylation is 1. The molecule has 1 aliphatic heterocycles. The number of aliphatic hydroxyl groups excluding tert-OH is 1. The average Bonchev–Trinajstić information content (AvgIpc) is 3.38. The van der Waals surface area contributed by atoms with Gasteiger partial charge in [-0.25, -0.2) is 0 Å². The van der Waals surface area contributed by atoms with Crippen LogP contribution in [0.4, 0.5) is 0 Å². The molecule has 2 heterocycles. The van der Waals surface area contributed by atoms with Gasteiger partial charge in [0, 0.05) is 23.4 Å². The fourth-order valence-corrected chi connectivity index (χ4v) is 4.88. The zero-order chi connectivity index (χ0) is 25.9. The first kappa shape index (κ1) is 26.6. The molecule has 1 fully saturated rings. The van der Waals surface area contributed by atoms with E-state index < -0.39 is 45.4 Å². The van der Waals surface area contributed by atoms with E-state index in [1.54, 1.807) is 6.07 Å². The van der Waals surface area contributed by atoms with Crippen LogP contribution in [0, 0.1) is 18.8 Å². The molecule has 35 heavy (non-hydrogen) atoms. The van der Waals surface area contributed by atoms with Crippen LogP contribution in [0.15, 0.2) is 24.3 Å². The van der Waals surface area contributed by atoms with Crippen molar-refractivity contribution >= 4 is 38.7 Å². The highest BCUT2D eigenvalue weighted by molar-refractivity contribution is 7.86. The predicted octanol–water partition coefficient (Wildman–Crippen LogP) is 0.838. The summed E-state index contributed by atoms with van der Waals surface area (Å²) in [5, 5.41) is 18.8. The highest BCUT2D eigenvalue weighted by Crippen LogP contribution is 2.21. The number of rotatable bonds is 10. The Kier molecular flexibility index (Phi) is 8.18. The molecule has 1 unspecified atom stereocenters. The number of aromatic nitrogens is 1. The topological polar surface area (TPSA) is 178 Å². The lowest BCUT2D eigenvalue weighted by Crippen LogP contribution is -2.54. The molecule has 3 amide bonds. The number of carbonyl (C=O) groups excluding carboxylic acids is 3. The highest BCUT2D eigenvalue weighted by Gasteiger charge is 2.37. The second kappa shape index (κ2) is 10.8. The normalized spacial score (nSPS) is 18.8. The molecular formula is C23H32N4O7S. The van der Waals surface area contributed by atoms with E-state index in [4.69, 9.17) is 0 Å². The van der Waals surface area contributed by atoms with Gasteiger partial charge in [-0.2, -0.15) is 8.42 Å². The standard InChI is InChI=1S/C23H32N4O7S/c1-12(2)9-17(26-22(30)18-11-15-13(3)5-4-6-16(15)25-18)21(29)27-19(23(31)35(32,33)34)10-14-7-8-24-20(14)28/h4-6,11-12,14,17,19,23,25,31H,7-10H2,1-3H3,(H,24,28)(H,26,30)(H,27,29)(H,32,33,34)/t14-,17-,19-,23?/m0/s1. The van der Waals surface area contributed by atoms with Crippen LogP contribution < -0.4 is 16.0 Å². The molecule has 0 saturated carbocycles. The van der Waals surface area contributed by atoms with Gasteiger partial charge in [0.05, 0.1) is 6.04 Å². The minimum atomic E-state index is -4.92. The number of hydrogen-bond donors (Lipinski definition) is 6. The van der Waals surface area contributed by atoms with Gasteiger partial charge in [0.25, 0.3) is 16.0 Å². The van der Waals surface area contributed by atoms with Crippen LogP contribution in [0.1, 0.15) is 49.2 Å². The second-order valence-corrected chi connectivity index (χ2v) is 10.9. The van der Waals surface area contributed by atoms with Crippen molar-refractivity contribution in [3.8, 4) is 0 Å². The molecule has 11 nitrogen and oxygen atoms in total. The number of nitrogens with one attached hydrogen (secondary N) is 4. The van der Waals surface area contributed by atoms with Crippen molar-refractivity contribution in [2.24, 2.45) is 11.8 Å². The fraction of sp³-hybridized carbons (Fsp3) is 0.522. The molecule has 1 aromatic carbocycles. The van der Waals surface area contributed by atoms with E-state index in [-0.39, 0.29) is 30.4 Å². The lowest BCUT2D eigenvalue weighted by atomic mass is 9.97. The number of hydrogen-bond acceptors (Lipinski definition) is 6. The second-order valence-electron chi connectivity index (χ2n) is 9.41. The maximum absolute atomic E-state index is 13.1. The van der Waals surface area contributed by atoms with Crippen molar-refractivity contribution < 1.29 is 32.5 Å². The van der Waals surface area contributed by atoms with Gasteiger partial charge in [-0.15, -0.1) is 0 Å². The largest absolute Gasteiger partial charge is 0.374 e. The number of benzene rings is 1. The van der Waals surface area contributed by atoms with E-state index in [0.717, 1.165) is 16.5 Å². The number of H-pyrrole nitrogens is 1. The zero-order valence-electron chi connectivity index (χ0n) is 19.9. The Morgan fingerprint density at radius 3 is 2.51 bits per heavy atom. The molecule has 0 radical (unpaired) electrons. The van der Waals surface area contributed by atoms with Crippen molar-refractivity contribution in [3.63, 3.8) is 0 Å². The summed E-state index contributed by atoms with van der Waals surface area (Å²) >= 11 is 0. The number of aromatic amines is 1. The quantitative estimate of drug-likeness (QED) is 0.257. The van der Waals surface area contributed by atoms with Gasteiger partial charge in [-0.1, -0.05) is 26.0 Å².